The van der Waals surface area contributed by atoms with Crippen molar-refractivity contribution < 1.29 is 14.3 Å². The zero-order valence-electron chi connectivity index (χ0n) is 9.13. The van der Waals surface area contributed by atoms with Gasteiger partial charge in [-0.3, -0.25) is 9.59 Å². The molecule has 0 heterocycles. The van der Waals surface area contributed by atoms with E-state index in [0.29, 0.717) is 12.8 Å². The van der Waals surface area contributed by atoms with Crippen LogP contribution in [0, 0.1) is 0 Å². The summed E-state index contributed by atoms with van der Waals surface area (Å²) in [4.78, 5) is 22.6. The molecule has 0 aliphatic carbocycles. The first kappa shape index (κ1) is 13.1. The summed E-state index contributed by atoms with van der Waals surface area (Å²) in [5, 5.41) is 0. The quantitative estimate of drug-likeness (QED) is 0.651. The van der Waals surface area contributed by atoms with E-state index >= 15 is 0 Å². The number of hydrogen-bond donors (Lipinski definition) is 1. The predicted molar refractivity (Wildman–Crippen MR) is 53.8 cm³/mol. The molecule has 0 aliphatic rings. The van der Waals surface area contributed by atoms with Gasteiger partial charge in [-0.05, 0) is 19.8 Å². The summed E-state index contributed by atoms with van der Waals surface area (Å²) >= 11 is 0. The molecule has 0 bridgehead atoms. The number of hydrogen-bond acceptors (Lipinski definition) is 4. The maximum Gasteiger partial charge on any atom is 0.308 e. The number of nitrogens with two attached hydrogens (primary N) is 1. The van der Waals surface area contributed by atoms with Crippen LogP contribution in [0.15, 0.2) is 0 Å². The molecule has 0 saturated heterocycles. The molecule has 0 radical (unpaired) electrons. The molecule has 0 unspecified atom stereocenters. The lowest BCUT2D eigenvalue weighted by Crippen LogP contribution is -2.41. The van der Waals surface area contributed by atoms with Crippen LogP contribution in [0.2, 0.25) is 0 Å². The zero-order valence-corrected chi connectivity index (χ0v) is 9.13. The molecule has 14 heavy (non-hydrogen) atoms. The summed E-state index contributed by atoms with van der Waals surface area (Å²) < 4.78 is 5.17. The monoisotopic (exact) mass is 201 g/mol. The van der Waals surface area contributed by atoms with Crippen molar-refractivity contribution >= 4 is 11.8 Å². The summed E-state index contributed by atoms with van der Waals surface area (Å²) in [6.45, 7) is 5.37. The van der Waals surface area contributed by atoms with Crippen molar-refractivity contribution in [3.8, 4) is 0 Å². The second kappa shape index (κ2) is 5.75. The predicted octanol–water partition coefficient (Wildman–Crippen LogP) is 1.03. The highest BCUT2D eigenvalue weighted by molar-refractivity contribution is 5.87. The zero-order chi connectivity index (χ0) is 11.2. The second-order valence-corrected chi connectivity index (χ2v) is 3.27. The van der Waals surface area contributed by atoms with Crippen LogP contribution < -0.4 is 5.73 Å². The lowest BCUT2D eigenvalue weighted by Gasteiger charge is -2.28. The Morgan fingerprint density at radius 3 is 2.07 bits per heavy atom. The molecule has 0 aromatic rings. The van der Waals surface area contributed by atoms with Crippen LogP contribution in [0.25, 0.3) is 0 Å². The SMILES string of the molecule is CCC(CC)(OC(=O)CCN)C(C)=O. The molecule has 0 aliphatic heterocycles. The molecule has 0 aromatic heterocycles. The molecule has 0 spiro atoms. The highest BCUT2D eigenvalue weighted by Gasteiger charge is 2.35. The number of carbonyl (C=O) groups excluding carboxylic acids is 2. The Hall–Kier alpha value is -0.900. The van der Waals surface area contributed by atoms with Gasteiger partial charge in [-0.1, -0.05) is 13.8 Å². The maximum atomic E-state index is 11.4. The van der Waals surface area contributed by atoms with Gasteiger partial charge in [0.25, 0.3) is 0 Å². The van der Waals surface area contributed by atoms with E-state index < -0.39 is 11.6 Å². The van der Waals surface area contributed by atoms with E-state index in [2.05, 4.69) is 0 Å². The Kier molecular flexibility index (Phi) is 5.38. The van der Waals surface area contributed by atoms with E-state index in [4.69, 9.17) is 10.5 Å². The third-order valence-electron chi connectivity index (χ3n) is 2.44. The van der Waals surface area contributed by atoms with Gasteiger partial charge in [0.1, 0.15) is 0 Å². The standard InChI is InChI=1S/C10H19NO3/c1-4-10(5-2,8(3)12)14-9(13)6-7-11/h4-7,11H2,1-3H3. The number of Topliss-reactive ketones (excluding diaryl/α,β-unsaturated/α-hetero) is 1. The van der Waals surface area contributed by atoms with Gasteiger partial charge in [0.2, 0.25) is 0 Å². The summed E-state index contributed by atoms with van der Waals surface area (Å²) in [5.74, 6) is -0.501. The molecule has 0 fully saturated rings. The molecule has 0 saturated carbocycles. The van der Waals surface area contributed by atoms with Crippen molar-refractivity contribution in [3.05, 3.63) is 0 Å². The number of ether oxygens (including phenoxy) is 1. The number of esters is 1. The van der Waals surface area contributed by atoms with E-state index in [-0.39, 0.29) is 18.7 Å². The minimum atomic E-state index is -0.938. The van der Waals surface area contributed by atoms with Crippen LogP contribution in [0.3, 0.4) is 0 Å². The van der Waals surface area contributed by atoms with Gasteiger partial charge in [0.05, 0.1) is 6.42 Å². The van der Waals surface area contributed by atoms with Crippen molar-refractivity contribution in [2.24, 2.45) is 5.73 Å². The molecule has 82 valence electrons. The van der Waals surface area contributed by atoms with Crippen LogP contribution in [0.5, 0.6) is 0 Å². The van der Waals surface area contributed by atoms with Gasteiger partial charge >= 0.3 is 5.97 Å². The Balaban J connectivity index is 4.51. The van der Waals surface area contributed by atoms with Gasteiger partial charge in [0, 0.05) is 6.54 Å². The Bertz CT molecular complexity index is 209. The summed E-state index contributed by atoms with van der Waals surface area (Å²) in [6.07, 6.45) is 1.18. The molecule has 0 aromatic carbocycles. The first-order valence-electron chi connectivity index (χ1n) is 4.95. The molecule has 0 atom stereocenters. The highest BCUT2D eigenvalue weighted by atomic mass is 16.6. The molecule has 2 N–H and O–H groups in total. The van der Waals surface area contributed by atoms with Gasteiger partial charge in [0.15, 0.2) is 11.4 Å². The van der Waals surface area contributed by atoms with Crippen LogP contribution in [-0.2, 0) is 14.3 Å². The molecule has 0 rings (SSSR count). The van der Waals surface area contributed by atoms with Crippen LogP contribution in [-0.4, -0.2) is 23.9 Å². The third-order valence-corrected chi connectivity index (χ3v) is 2.44. The first-order chi connectivity index (χ1) is 6.52. The molecule has 4 heteroatoms. The summed E-state index contributed by atoms with van der Waals surface area (Å²) in [5.41, 5.74) is 4.28. The number of carbonyl (C=O) groups is 2. The van der Waals surface area contributed by atoms with Crippen LogP contribution >= 0.6 is 0 Å². The third kappa shape index (κ3) is 3.10. The van der Waals surface area contributed by atoms with E-state index in [0.717, 1.165) is 0 Å². The number of rotatable bonds is 6. The van der Waals surface area contributed by atoms with Crippen LogP contribution in [0.4, 0.5) is 0 Å². The minimum absolute atomic E-state index is 0.104. The van der Waals surface area contributed by atoms with Crippen molar-refractivity contribution in [1.29, 1.82) is 0 Å². The molecular weight excluding hydrogens is 182 g/mol. The Morgan fingerprint density at radius 1 is 1.29 bits per heavy atom. The van der Waals surface area contributed by atoms with Gasteiger partial charge in [-0.25, -0.2) is 0 Å². The van der Waals surface area contributed by atoms with E-state index in [1.807, 2.05) is 13.8 Å². The topological polar surface area (TPSA) is 69.4 Å². The summed E-state index contributed by atoms with van der Waals surface area (Å²) in [7, 11) is 0. The fraction of sp³-hybridized carbons (Fsp3) is 0.800. The van der Waals surface area contributed by atoms with E-state index in [1.54, 1.807) is 0 Å². The minimum Gasteiger partial charge on any atom is -0.451 e. The lowest BCUT2D eigenvalue weighted by atomic mass is 9.93. The van der Waals surface area contributed by atoms with Gasteiger partial charge in [-0.15, -0.1) is 0 Å². The summed E-state index contributed by atoms with van der Waals surface area (Å²) in [6, 6.07) is 0. The average Bonchev–Trinajstić information content (AvgIpc) is 2.14. The Morgan fingerprint density at radius 2 is 1.79 bits per heavy atom. The van der Waals surface area contributed by atoms with Crippen LogP contribution in [0.1, 0.15) is 40.0 Å². The largest absolute Gasteiger partial charge is 0.451 e. The van der Waals surface area contributed by atoms with Crippen molar-refractivity contribution in [2.45, 2.75) is 45.6 Å². The van der Waals surface area contributed by atoms with E-state index in [1.165, 1.54) is 6.92 Å². The lowest BCUT2D eigenvalue weighted by molar-refractivity contribution is -0.167. The van der Waals surface area contributed by atoms with Crippen molar-refractivity contribution in [3.63, 3.8) is 0 Å². The van der Waals surface area contributed by atoms with Crippen molar-refractivity contribution in [2.75, 3.05) is 6.54 Å². The van der Waals surface area contributed by atoms with Gasteiger partial charge in [-0.2, -0.15) is 0 Å². The second-order valence-electron chi connectivity index (χ2n) is 3.27. The normalized spacial score (nSPS) is 11.1. The Labute approximate surface area is 84.8 Å². The molecular formula is C10H19NO3. The van der Waals surface area contributed by atoms with Crippen molar-refractivity contribution in [1.82, 2.24) is 0 Å². The molecule has 4 nitrogen and oxygen atoms in total. The smallest absolute Gasteiger partial charge is 0.308 e. The maximum absolute atomic E-state index is 11.4. The van der Waals surface area contributed by atoms with Gasteiger partial charge < -0.3 is 10.5 Å². The molecule has 0 amide bonds. The fourth-order valence-electron chi connectivity index (χ4n) is 1.35. The first-order valence-corrected chi connectivity index (χ1v) is 4.95. The van der Waals surface area contributed by atoms with E-state index in [9.17, 15) is 9.59 Å². The number of ketones is 1. The highest BCUT2D eigenvalue weighted by Crippen LogP contribution is 2.22. The fourth-order valence-corrected chi connectivity index (χ4v) is 1.35. The average molecular weight is 201 g/mol.